The molecule has 0 aliphatic carbocycles. The normalized spacial score (nSPS) is 9.25. The zero-order valence-electron chi connectivity index (χ0n) is 6.07. The summed E-state index contributed by atoms with van der Waals surface area (Å²) < 4.78 is 37.3. The largest absolute Gasteiger partial charge is 0.204 e. The molecule has 0 aromatic heterocycles. The maximum atomic E-state index is 12.5. The monoisotopic (exact) mass is 170 g/mol. The molecule has 0 aliphatic heterocycles. The van der Waals surface area contributed by atoms with Crippen LogP contribution in [-0.2, 0) is 0 Å². The van der Waals surface area contributed by atoms with Crippen LogP contribution in [0.5, 0.6) is 0 Å². The van der Waals surface area contributed by atoms with E-state index in [2.05, 4.69) is 12.3 Å². The lowest BCUT2D eigenvalue weighted by molar-refractivity contribution is 0.447. The Morgan fingerprint density at radius 1 is 1.17 bits per heavy atom. The second-order valence-corrected chi connectivity index (χ2v) is 2.15. The summed E-state index contributed by atoms with van der Waals surface area (Å²) >= 11 is 0. The second-order valence-electron chi connectivity index (χ2n) is 2.15. The molecule has 0 bridgehead atoms. The Morgan fingerprint density at radius 2 is 1.67 bits per heavy atom. The molecule has 0 heterocycles. The molecule has 1 aromatic carbocycles. The molecule has 1 aromatic rings. The van der Waals surface area contributed by atoms with Gasteiger partial charge in [-0.25, -0.2) is 13.2 Å². The second kappa shape index (κ2) is 3.28. The number of benzene rings is 1. The molecular weight excluding hydrogens is 165 g/mol. The smallest absolute Gasteiger partial charge is 0.194 e. The van der Waals surface area contributed by atoms with Gasteiger partial charge < -0.3 is 0 Å². The minimum atomic E-state index is -1.46. The van der Waals surface area contributed by atoms with E-state index < -0.39 is 17.5 Å². The molecular formula is C9H5F3. The van der Waals surface area contributed by atoms with Gasteiger partial charge in [0, 0.05) is 0 Å². The van der Waals surface area contributed by atoms with Crippen LogP contribution >= 0.6 is 0 Å². The van der Waals surface area contributed by atoms with Crippen LogP contribution in [-0.4, -0.2) is 0 Å². The molecule has 0 N–H and O–H groups in total. The Kier molecular flexibility index (Phi) is 2.36. The highest BCUT2D eigenvalue weighted by molar-refractivity contribution is 5.48. The summed E-state index contributed by atoms with van der Waals surface area (Å²) in [6.45, 7) is 3.22. The minimum Gasteiger partial charge on any atom is -0.204 e. The number of hydrogen-bond donors (Lipinski definition) is 0. The third-order valence-electron chi connectivity index (χ3n) is 1.27. The standard InChI is InChI=1S/C9H5F3/c1-2-3-6-4-7(10)9(12)8(11)5-6/h3-5H,1H2. The van der Waals surface area contributed by atoms with Gasteiger partial charge in [-0.3, -0.25) is 0 Å². The summed E-state index contributed by atoms with van der Waals surface area (Å²) in [5, 5.41) is 0. The summed E-state index contributed by atoms with van der Waals surface area (Å²) in [5.74, 6) is -3.88. The Labute approximate surface area is 67.6 Å². The van der Waals surface area contributed by atoms with Crippen molar-refractivity contribution in [1.82, 2.24) is 0 Å². The Balaban J connectivity index is 3.30. The topological polar surface area (TPSA) is 0 Å². The van der Waals surface area contributed by atoms with Crippen molar-refractivity contribution in [2.75, 3.05) is 0 Å². The van der Waals surface area contributed by atoms with Crippen molar-refractivity contribution < 1.29 is 13.2 Å². The van der Waals surface area contributed by atoms with E-state index in [1.165, 1.54) is 6.08 Å². The lowest BCUT2D eigenvalue weighted by atomic mass is 10.2. The van der Waals surface area contributed by atoms with E-state index in [1.807, 2.05) is 0 Å². The molecule has 12 heavy (non-hydrogen) atoms. The summed E-state index contributed by atoms with van der Waals surface area (Å²) in [4.78, 5) is 0. The van der Waals surface area contributed by atoms with Crippen LogP contribution in [0.2, 0.25) is 0 Å². The highest BCUT2D eigenvalue weighted by atomic mass is 19.2. The molecule has 3 heteroatoms. The van der Waals surface area contributed by atoms with Crippen molar-refractivity contribution >= 4 is 6.08 Å². The van der Waals surface area contributed by atoms with E-state index in [1.54, 1.807) is 0 Å². The van der Waals surface area contributed by atoms with Crippen LogP contribution in [0.1, 0.15) is 5.56 Å². The van der Waals surface area contributed by atoms with Gasteiger partial charge in [-0.1, -0.05) is 6.58 Å². The quantitative estimate of drug-likeness (QED) is 0.449. The van der Waals surface area contributed by atoms with Gasteiger partial charge in [-0.15, -0.1) is 5.73 Å². The van der Waals surface area contributed by atoms with Gasteiger partial charge in [0.1, 0.15) is 0 Å². The maximum Gasteiger partial charge on any atom is 0.194 e. The maximum absolute atomic E-state index is 12.5. The van der Waals surface area contributed by atoms with Crippen LogP contribution in [0.25, 0.3) is 6.08 Å². The van der Waals surface area contributed by atoms with Gasteiger partial charge in [0.05, 0.1) is 0 Å². The highest BCUT2D eigenvalue weighted by Crippen LogP contribution is 2.13. The van der Waals surface area contributed by atoms with E-state index >= 15 is 0 Å². The van der Waals surface area contributed by atoms with Crippen LogP contribution in [0.3, 0.4) is 0 Å². The fraction of sp³-hybridized carbons (Fsp3) is 0. The van der Waals surface area contributed by atoms with Crippen molar-refractivity contribution in [3.8, 4) is 0 Å². The van der Waals surface area contributed by atoms with Gasteiger partial charge in [-0.05, 0) is 23.8 Å². The number of rotatable bonds is 1. The van der Waals surface area contributed by atoms with Crippen molar-refractivity contribution in [3.05, 3.63) is 47.5 Å². The fourth-order valence-electron chi connectivity index (χ4n) is 0.776. The molecule has 0 amide bonds. The van der Waals surface area contributed by atoms with Gasteiger partial charge in [0.15, 0.2) is 17.5 Å². The zero-order valence-corrected chi connectivity index (χ0v) is 6.07. The average molecular weight is 170 g/mol. The average Bonchev–Trinajstić information content (AvgIpc) is 2.01. The van der Waals surface area contributed by atoms with Crippen LogP contribution in [0.15, 0.2) is 24.4 Å². The van der Waals surface area contributed by atoms with E-state index in [0.29, 0.717) is 0 Å². The molecule has 0 radical (unpaired) electrons. The molecule has 0 spiro atoms. The lowest BCUT2D eigenvalue weighted by Gasteiger charge is -1.96. The SMILES string of the molecule is C=C=Cc1cc(F)c(F)c(F)c1. The molecule has 1 rings (SSSR count). The first-order chi connectivity index (χ1) is 5.65. The Bertz CT molecular complexity index is 326. The van der Waals surface area contributed by atoms with Gasteiger partial charge in [0.25, 0.3) is 0 Å². The number of halogens is 3. The summed E-state index contributed by atoms with van der Waals surface area (Å²) in [6.07, 6.45) is 1.26. The first-order valence-corrected chi connectivity index (χ1v) is 3.15. The molecule has 0 fully saturated rings. The van der Waals surface area contributed by atoms with Crippen molar-refractivity contribution in [2.45, 2.75) is 0 Å². The molecule has 0 atom stereocenters. The third-order valence-corrected chi connectivity index (χ3v) is 1.27. The fourth-order valence-corrected chi connectivity index (χ4v) is 0.776. The lowest BCUT2D eigenvalue weighted by Crippen LogP contribution is -1.90. The molecule has 0 aliphatic rings. The predicted octanol–water partition coefficient (Wildman–Crippen LogP) is 2.90. The van der Waals surface area contributed by atoms with Crippen LogP contribution in [0, 0.1) is 17.5 Å². The van der Waals surface area contributed by atoms with E-state index in [4.69, 9.17) is 0 Å². The van der Waals surface area contributed by atoms with Crippen LogP contribution < -0.4 is 0 Å². The van der Waals surface area contributed by atoms with Gasteiger partial charge in [0.2, 0.25) is 0 Å². The highest BCUT2D eigenvalue weighted by Gasteiger charge is 2.08. The molecule has 0 saturated heterocycles. The van der Waals surface area contributed by atoms with E-state index in [0.717, 1.165) is 12.1 Å². The van der Waals surface area contributed by atoms with Crippen molar-refractivity contribution in [2.24, 2.45) is 0 Å². The first kappa shape index (κ1) is 8.62. The van der Waals surface area contributed by atoms with Crippen LogP contribution in [0.4, 0.5) is 13.2 Å². The number of hydrogen-bond acceptors (Lipinski definition) is 0. The van der Waals surface area contributed by atoms with Gasteiger partial charge in [-0.2, -0.15) is 0 Å². The van der Waals surface area contributed by atoms with E-state index in [9.17, 15) is 13.2 Å². The summed E-state index contributed by atoms with van der Waals surface area (Å²) in [7, 11) is 0. The molecule has 0 saturated carbocycles. The van der Waals surface area contributed by atoms with Crippen molar-refractivity contribution in [3.63, 3.8) is 0 Å². The molecule has 0 nitrogen and oxygen atoms in total. The Hall–Kier alpha value is -1.47. The molecule has 62 valence electrons. The van der Waals surface area contributed by atoms with Crippen molar-refractivity contribution in [1.29, 1.82) is 0 Å². The Morgan fingerprint density at radius 3 is 2.08 bits per heavy atom. The minimum absolute atomic E-state index is 0.196. The predicted molar refractivity (Wildman–Crippen MR) is 39.9 cm³/mol. The van der Waals surface area contributed by atoms with E-state index in [-0.39, 0.29) is 5.56 Å². The van der Waals surface area contributed by atoms with Gasteiger partial charge >= 0.3 is 0 Å². The molecule has 0 unspecified atom stereocenters. The summed E-state index contributed by atoms with van der Waals surface area (Å²) in [5.41, 5.74) is 2.52. The summed E-state index contributed by atoms with van der Waals surface area (Å²) in [6, 6.07) is 1.74. The first-order valence-electron chi connectivity index (χ1n) is 3.15. The zero-order chi connectivity index (χ0) is 9.14. The third kappa shape index (κ3) is 1.57.